The number of anilines is 1. The molecule has 8 heteroatoms. The minimum atomic E-state index is -0.511. The Labute approximate surface area is 216 Å². The third kappa shape index (κ3) is 4.75. The predicted octanol–water partition coefficient (Wildman–Crippen LogP) is 5.84. The maximum Gasteiger partial charge on any atom is 0.232 e. The van der Waals surface area contributed by atoms with E-state index in [9.17, 15) is 4.79 Å². The number of nitrogens with zero attached hydrogens (tertiary/aromatic N) is 1. The highest BCUT2D eigenvalue weighted by molar-refractivity contribution is 6.31. The normalized spacial score (nSPS) is 14.8. The fourth-order valence-electron chi connectivity index (χ4n) is 4.60. The van der Waals surface area contributed by atoms with E-state index in [1.807, 2.05) is 50.2 Å². The van der Waals surface area contributed by atoms with E-state index in [4.69, 9.17) is 35.3 Å². The fourth-order valence-corrected chi connectivity index (χ4v) is 4.78. The van der Waals surface area contributed by atoms with Crippen molar-refractivity contribution in [2.24, 2.45) is 0 Å². The molecule has 36 heavy (non-hydrogen) atoms. The molecule has 190 valence electrons. The molecule has 1 aliphatic rings. The lowest BCUT2D eigenvalue weighted by Crippen LogP contribution is -2.41. The van der Waals surface area contributed by atoms with E-state index < -0.39 is 6.04 Å². The number of halogens is 1. The monoisotopic (exact) mass is 511 g/mol. The van der Waals surface area contributed by atoms with Gasteiger partial charge in [-0.1, -0.05) is 17.7 Å². The number of ether oxygens (including phenoxy) is 5. The minimum Gasteiger partial charge on any atom is -0.493 e. The lowest BCUT2D eigenvalue weighted by molar-refractivity contribution is -0.118. The number of amides is 1. The second-order valence-electron chi connectivity index (χ2n) is 8.15. The molecule has 7 nitrogen and oxygen atoms in total. The Morgan fingerprint density at radius 3 is 2.06 bits per heavy atom. The van der Waals surface area contributed by atoms with Crippen LogP contribution in [0.4, 0.5) is 5.69 Å². The number of rotatable bonds is 9. The molecule has 0 aliphatic carbocycles. The molecule has 3 aromatic rings. The van der Waals surface area contributed by atoms with Crippen molar-refractivity contribution >= 4 is 23.2 Å². The van der Waals surface area contributed by atoms with Gasteiger partial charge in [0.2, 0.25) is 11.7 Å². The van der Waals surface area contributed by atoms with Crippen LogP contribution in [0.1, 0.15) is 36.6 Å². The Kier molecular flexibility index (Phi) is 7.79. The average Bonchev–Trinajstić information content (AvgIpc) is 2.87. The number of carbonyl (C=O) groups excluding carboxylic acids is 1. The van der Waals surface area contributed by atoms with Crippen LogP contribution >= 0.6 is 11.6 Å². The van der Waals surface area contributed by atoms with E-state index in [0.29, 0.717) is 52.7 Å². The second-order valence-corrected chi connectivity index (χ2v) is 8.58. The highest BCUT2D eigenvalue weighted by atomic mass is 35.5. The van der Waals surface area contributed by atoms with E-state index in [2.05, 4.69) is 0 Å². The van der Waals surface area contributed by atoms with E-state index in [-0.39, 0.29) is 12.3 Å². The Morgan fingerprint density at radius 2 is 1.50 bits per heavy atom. The summed E-state index contributed by atoms with van der Waals surface area (Å²) in [5.74, 6) is 2.63. The first-order valence-corrected chi connectivity index (χ1v) is 12.1. The van der Waals surface area contributed by atoms with Crippen LogP contribution in [-0.4, -0.2) is 40.5 Å². The summed E-state index contributed by atoms with van der Waals surface area (Å²) in [6.45, 7) is 4.80. The Bertz CT molecular complexity index is 1240. The maximum absolute atomic E-state index is 13.7. The topological polar surface area (TPSA) is 66.5 Å². The molecule has 0 bridgehead atoms. The van der Waals surface area contributed by atoms with Gasteiger partial charge in [0.25, 0.3) is 0 Å². The van der Waals surface area contributed by atoms with Gasteiger partial charge in [-0.2, -0.15) is 0 Å². The van der Waals surface area contributed by atoms with E-state index in [0.717, 1.165) is 16.7 Å². The SMILES string of the molecule is CCOc1cc2c(cc1OCC)[C@@H](c1cc(OC)c(OC)c(OC)c1)N(c1cccc(Cl)c1)C(=O)C2. The molecule has 0 aromatic heterocycles. The van der Waals surface area contributed by atoms with E-state index in [1.54, 1.807) is 38.4 Å². The summed E-state index contributed by atoms with van der Waals surface area (Å²) in [5.41, 5.74) is 3.24. The van der Waals surface area contributed by atoms with Gasteiger partial charge in [0, 0.05) is 10.7 Å². The Hall–Kier alpha value is -3.58. The molecular formula is C28H30ClNO6. The molecule has 0 unspecified atom stereocenters. The number of hydrogen-bond acceptors (Lipinski definition) is 6. The first-order chi connectivity index (χ1) is 17.4. The van der Waals surface area contributed by atoms with Crippen molar-refractivity contribution < 1.29 is 28.5 Å². The van der Waals surface area contributed by atoms with Crippen LogP contribution in [0.25, 0.3) is 0 Å². The van der Waals surface area contributed by atoms with Gasteiger partial charge in [-0.25, -0.2) is 0 Å². The van der Waals surface area contributed by atoms with Crippen LogP contribution < -0.4 is 28.6 Å². The third-order valence-electron chi connectivity index (χ3n) is 6.06. The summed E-state index contributed by atoms with van der Waals surface area (Å²) < 4.78 is 28.5. The summed E-state index contributed by atoms with van der Waals surface area (Å²) >= 11 is 6.33. The summed E-state index contributed by atoms with van der Waals surface area (Å²) in [6.07, 6.45) is 0.204. The molecule has 3 aromatic carbocycles. The van der Waals surface area contributed by atoms with Crippen molar-refractivity contribution in [3.05, 3.63) is 70.2 Å². The number of benzene rings is 3. The molecule has 0 fully saturated rings. The lowest BCUT2D eigenvalue weighted by Gasteiger charge is -2.38. The standard InChI is InChI=1S/C28H30ClNO6/c1-6-35-22-11-17-14-26(31)30(20-10-8-9-19(29)15-20)27(21(17)16-23(22)36-7-2)18-12-24(32-3)28(34-5)25(13-18)33-4/h8-13,15-16,27H,6-7,14H2,1-5H3/t27-/m1/s1. The fraction of sp³-hybridized carbons (Fsp3) is 0.321. The molecule has 4 rings (SSSR count). The van der Waals surface area contributed by atoms with Crippen LogP contribution in [0.3, 0.4) is 0 Å². The summed E-state index contributed by atoms with van der Waals surface area (Å²) in [5, 5.41) is 0.538. The first kappa shape index (κ1) is 25.5. The lowest BCUT2D eigenvalue weighted by atomic mass is 9.86. The van der Waals surface area contributed by atoms with Crippen LogP contribution in [0.2, 0.25) is 5.02 Å². The second kappa shape index (κ2) is 11.0. The number of hydrogen-bond donors (Lipinski definition) is 0. The Morgan fingerprint density at radius 1 is 0.861 bits per heavy atom. The zero-order valence-corrected chi connectivity index (χ0v) is 21.8. The Balaban J connectivity index is 2.00. The molecule has 1 atom stereocenters. The van der Waals surface area contributed by atoms with Crippen LogP contribution in [0.15, 0.2) is 48.5 Å². The van der Waals surface area contributed by atoms with Gasteiger partial charge in [-0.3, -0.25) is 4.79 Å². The number of methoxy groups -OCH3 is 3. The molecule has 0 saturated carbocycles. The van der Waals surface area contributed by atoms with Crippen molar-refractivity contribution in [3.63, 3.8) is 0 Å². The molecule has 0 saturated heterocycles. The van der Waals surface area contributed by atoms with Gasteiger partial charge in [-0.05, 0) is 73.0 Å². The maximum atomic E-state index is 13.7. The summed E-state index contributed by atoms with van der Waals surface area (Å²) in [4.78, 5) is 15.4. The van der Waals surface area contributed by atoms with Gasteiger partial charge in [-0.15, -0.1) is 0 Å². The van der Waals surface area contributed by atoms with Gasteiger partial charge in [0.1, 0.15) is 0 Å². The zero-order chi connectivity index (χ0) is 25.8. The summed E-state index contributed by atoms with van der Waals surface area (Å²) in [7, 11) is 4.69. The van der Waals surface area contributed by atoms with Crippen LogP contribution in [-0.2, 0) is 11.2 Å². The zero-order valence-electron chi connectivity index (χ0n) is 21.1. The van der Waals surface area contributed by atoms with Gasteiger partial charge < -0.3 is 28.6 Å². The van der Waals surface area contributed by atoms with Crippen molar-refractivity contribution in [1.29, 1.82) is 0 Å². The van der Waals surface area contributed by atoms with Crippen molar-refractivity contribution in [2.45, 2.75) is 26.3 Å². The van der Waals surface area contributed by atoms with Crippen molar-refractivity contribution in [3.8, 4) is 28.7 Å². The first-order valence-electron chi connectivity index (χ1n) is 11.8. The highest BCUT2D eigenvalue weighted by Crippen LogP contribution is 2.47. The largest absolute Gasteiger partial charge is 0.493 e. The highest BCUT2D eigenvalue weighted by Gasteiger charge is 2.37. The quantitative estimate of drug-likeness (QED) is 0.359. The van der Waals surface area contributed by atoms with Crippen LogP contribution in [0, 0.1) is 0 Å². The van der Waals surface area contributed by atoms with Crippen molar-refractivity contribution in [2.75, 3.05) is 39.4 Å². The average molecular weight is 512 g/mol. The van der Waals surface area contributed by atoms with Gasteiger partial charge >= 0.3 is 0 Å². The minimum absolute atomic E-state index is 0.0740. The number of carbonyl (C=O) groups is 1. The molecule has 0 N–H and O–H groups in total. The van der Waals surface area contributed by atoms with E-state index in [1.165, 1.54) is 0 Å². The molecule has 1 amide bonds. The van der Waals surface area contributed by atoms with Gasteiger partial charge in [0.05, 0.1) is 47.0 Å². The summed E-state index contributed by atoms with van der Waals surface area (Å²) in [6, 6.07) is 14.4. The molecular weight excluding hydrogens is 482 g/mol. The molecule has 0 radical (unpaired) electrons. The number of fused-ring (bicyclic) bond motifs is 1. The molecule has 1 heterocycles. The van der Waals surface area contributed by atoms with E-state index >= 15 is 0 Å². The predicted molar refractivity (Wildman–Crippen MR) is 139 cm³/mol. The van der Waals surface area contributed by atoms with Gasteiger partial charge in [0.15, 0.2) is 23.0 Å². The third-order valence-corrected chi connectivity index (χ3v) is 6.29. The van der Waals surface area contributed by atoms with Crippen molar-refractivity contribution in [1.82, 2.24) is 0 Å². The van der Waals surface area contributed by atoms with Crippen LogP contribution in [0.5, 0.6) is 28.7 Å². The molecule has 0 spiro atoms. The smallest absolute Gasteiger partial charge is 0.232 e. The molecule has 1 aliphatic heterocycles.